The van der Waals surface area contributed by atoms with Gasteiger partial charge in [-0.15, -0.1) is 0 Å². The minimum absolute atomic E-state index is 0.228. The lowest BCUT2D eigenvalue weighted by atomic mass is 10.4. The topological polar surface area (TPSA) is 119 Å². The molecule has 1 atom stereocenters. The van der Waals surface area contributed by atoms with E-state index in [4.69, 9.17) is 5.84 Å². The first kappa shape index (κ1) is 13.5. The Balaban J connectivity index is 2.26. The second-order valence-corrected chi connectivity index (χ2v) is 4.68. The quantitative estimate of drug-likeness (QED) is 0.492. The standard InChI is InChI=1S/C9H15N9S/c1-6(3-19-2)13-7-14-8(17-10)16-9(15-7)18-5-11-4-12-18/h4-6H,3,10H2,1-2H3,(H2,13,14,15,16,17). The molecular formula is C9H15N9S. The minimum Gasteiger partial charge on any atom is -0.351 e. The van der Waals surface area contributed by atoms with Crippen molar-refractivity contribution < 1.29 is 0 Å². The number of thioether (sulfide) groups is 1. The van der Waals surface area contributed by atoms with Crippen LogP contribution in [0, 0.1) is 0 Å². The zero-order chi connectivity index (χ0) is 13.7. The second kappa shape index (κ2) is 6.29. The third-order valence-electron chi connectivity index (χ3n) is 2.17. The lowest BCUT2D eigenvalue weighted by Crippen LogP contribution is -2.22. The van der Waals surface area contributed by atoms with Crippen molar-refractivity contribution in [3.05, 3.63) is 12.7 Å². The first-order chi connectivity index (χ1) is 9.22. The maximum atomic E-state index is 5.35. The number of nitrogens with one attached hydrogen (secondary N) is 2. The summed E-state index contributed by atoms with van der Waals surface area (Å²) in [6.07, 6.45) is 4.95. The SMILES string of the molecule is CSCC(C)Nc1nc(NN)nc(-n2cncn2)n1. The van der Waals surface area contributed by atoms with E-state index in [-0.39, 0.29) is 12.0 Å². The van der Waals surface area contributed by atoms with Crippen molar-refractivity contribution in [2.75, 3.05) is 22.8 Å². The zero-order valence-electron chi connectivity index (χ0n) is 10.6. The number of aromatic nitrogens is 6. The number of nitrogens with two attached hydrogens (primary N) is 1. The maximum absolute atomic E-state index is 5.35. The Bertz CT molecular complexity index is 514. The Labute approximate surface area is 114 Å². The number of nitrogens with zero attached hydrogens (tertiary/aromatic N) is 6. The zero-order valence-corrected chi connectivity index (χ0v) is 11.4. The highest BCUT2D eigenvalue weighted by atomic mass is 32.2. The molecule has 0 amide bonds. The lowest BCUT2D eigenvalue weighted by molar-refractivity contribution is 0.786. The fourth-order valence-electron chi connectivity index (χ4n) is 1.42. The average molecular weight is 281 g/mol. The van der Waals surface area contributed by atoms with Crippen LogP contribution in [0.3, 0.4) is 0 Å². The summed E-state index contributed by atoms with van der Waals surface area (Å²) in [5, 5.41) is 7.15. The maximum Gasteiger partial charge on any atom is 0.258 e. The molecule has 0 aliphatic heterocycles. The molecular weight excluding hydrogens is 266 g/mol. The summed E-state index contributed by atoms with van der Waals surface area (Å²) in [5.74, 6) is 7.34. The first-order valence-electron chi connectivity index (χ1n) is 5.56. The van der Waals surface area contributed by atoms with E-state index in [1.807, 2.05) is 13.2 Å². The van der Waals surface area contributed by atoms with E-state index < -0.39 is 0 Å². The van der Waals surface area contributed by atoms with Gasteiger partial charge < -0.3 is 5.32 Å². The largest absolute Gasteiger partial charge is 0.351 e. The molecule has 2 aromatic rings. The van der Waals surface area contributed by atoms with Crippen LogP contribution in [-0.2, 0) is 0 Å². The van der Waals surface area contributed by atoms with Crippen LogP contribution in [0.4, 0.5) is 11.9 Å². The molecule has 0 bridgehead atoms. The van der Waals surface area contributed by atoms with Crippen LogP contribution in [0.25, 0.3) is 5.95 Å². The molecule has 0 saturated carbocycles. The van der Waals surface area contributed by atoms with Gasteiger partial charge in [-0.1, -0.05) is 0 Å². The number of anilines is 2. The summed E-state index contributed by atoms with van der Waals surface area (Å²) in [6.45, 7) is 2.05. The predicted molar refractivity (Wildman–Crippen MR) is 74.0 cm³/mol. The average Bonchev–Trinajstić information content (AvgIpc) is 2.92. The first-order valence-corrected chi connectivity index (χ1v) is 6.95. The van der Waals surface area contributed by atoms with E-state index in [1.165, 1.54) is 17.3 Å². The molecule has 0 fully saturated rings. The van der Waals surface area contributed by atoms with Crippen molar-refractivity contribution in [2.45, 2.75) is 13.0 Å². The number of rotatable bonds is 6. The van der Waals surface area contributed by atoms with Crippen molar-refractivity contribution in [3.8, 4) is 5.95 Å². The monoisotopic (exact) mass is 281 g/mol. The molecule has 0 spiro atoms. The molecule has 0 aliphatic carbocycles. The van der Waals surface area contributed by atoms with Gasteiger partial charge in [-0.2, -0.15) is 36.5 Å². The Morgan fingerprint density at radius 1 is 1.37 bits per heavy atom. The van der Waals surface area contributed by atoms with Crippen LogP contribution < -0.4 is 16.6 Å². The summed E-state index contributed by atoms with van der Waals surface area (Å²) in [4.78, 5) is 16.4. The van der Waals surface area contributed by atoms with Crippen LogP contribution in [0.15, 0.2) is 12.7 Å². The third-order valence-corrected chi connectivity index (χ3v) is 3.00. The molecule has 2 rings (SSSR count). The summed E-state index contributed by atoms with van der Waals surface area (Å²) >= 11 is 1.74. The Kier molecular flexibility index (Phi) is 4.47. The van der Waals surface area contributed by atoms with Crippen molar-refractivity contribution in [1.82, 2.24) is 29.7 Å². The highest BCUT2D eigenvalue weighted by Crippen LogP contribution is 2.09. The van der Waals surface area contributed by atoms with Gasteiger partial charge in [0.25, 0.3) is 5.95 Å². The molecule has 2 aromatic heterocycles. The van der Waals surface area contributed by atoms with Crippen molar-refractivity contribution in [3.63, 3.8) is 0 Å². The van der Waals surface area contributed by atoms with E-state index in [9.17, 15) is 0 Å². The number of hydrazine groups is 1. The molecule has 0 radical (unpaired) electrons. The molecule has 102 valence electrons. The molecule has 1 unspecified atom stereocenters. The molecule has 9 nitrogen and oxygen atoms in total. The smallest absolute Gasteiger partial charge is 0.258 e. The molecule has 0 aliphatic rings. The third kappa shape index (κ3) is 3.51. The van der Waals surface area contributed by atoms with Gasteiger partial charge in [0.05, 0.1) is 0 Å². The number of nitrogen functional groups attached to an aromatic ring is 1. The van der Waals surface area contributed by atoms with E-state index in [0.29, 0.717) is 11.9 Å². The van der Waals surface area contributed by atoms with Crippen LogP contribution in [0.2, 0.25) is 0 Å². The van der Waals surface area contributed by atoms with E-state index in [2.05, 4.69) is 35.8 Å². The summed E-state index contributed by atoms with van der Waals surface area (Å²) in [6, 6.07) is 0.228. The summed E-state index contributed by atoms with van der Waals surface area (Å²) < 4.78 is 1.44. The van der Waals surface area contributed by atoms with Crippen molar-refractivity contribution >= 4 is 23.7 Å². The Morgan fingerprint density at radius 3 is 2.79 bits per heavy atom. The lowest BCUT2D eigenvalue weighted by Gasteiger charge is -2.13. The van der Waals surface area contributed by atoms with Gasteiger partial charge in [0.1, 0.15) is 12.7 Å². The van der Waals surface area contributed by atoms with Gasteiger partial charge >= 0.3 is 0 Å². The highest BCUT2D eigenvalue weighted by Gasteiger charge is 2.10. The van der Waals surface area contributed by atoms with Crippen molar-refractivity contribution in [2.24, 2.45) is 5.84 Å². The van der Waals surface area contributed by atoms with Crippen LogP contribution >= 0.6 is 11.8 Å². The summed E-state index contributed by atoms with van der Waals surface area (Å²) in [5.41, 5.74) is 2.41. The van der Waals surface area contributed by atoms with Crippen LogP contribution in [0.5, 0.6) is 0 Å². The van der Waals surface area contributed by atoms with Gasteiger partial charge in [-0.25, -0.2) is 10.8 Å². The fourth-order valence-corrected chi connectivity index (χ4v) is 2.00. The molecule has 0 saturated heterocycles. The summed E-state index contributed by atoms with van der Waals surface area (Å²) in [7, 11) is 0. The predicted octanol–water partition coefficient (Wildman–Crippen LogP) is -0.0987. The molecule has 2 heterocycles. The van der Waals surface area contributed by atoms with E-state index >= 15 is 0 Å². The van der Waals surface area contributed by atoms with Crippen LogP contribution in [-0.4, -0.2) is 47.8 Å². The van der Waals surface area contributed by atoms with Gasteiger partial charge in [0.15, 0.2) is 0 Å². The Morgan fingerprint density at radius 2 is 2.16 bits per heavy atom. The van der Waals surface area contributed by atoms with Gasteiger partial charge in [-0.05, 0) is 13.2 Å². The van der Waals surface area contributed by atoms with Crippen molar-refractivity contribution in [1.29, 1.82) is 0 Å². The highest BCUT2D eigenvalue weighted by molar-refractivity contribution is 7.98. The van der Waals surface area contributed by atoms with Gasteiger partial charge in [-0.3, -0.25) is 5.43 Å². The Hall–Kier alpha value is -1.94. The normalized spacial score (nSPS) is 12.2. The van der Waals surface area contributed by atoms with E-state index in [0.717, 1.165) is 5.75 Å². The minimum atomic E-state index is 0.228. The number of hydrogen-bond donors (Lipinski definition) is 3. The molecule has 0 aromatic carbocycles. The molecule has 4 N–H and O–H groups in total. The number of hydrogen-bond acceptors (Lipinski definition) is 9. The molecule has 19 heavy (non-hydrogen) atoms. The molecule has 10 heteroatoms. The van der Waals surface area contributed by atoms with Gasteiger partial charge in [0, 0.05) is 11.8 Å². The van der Waals surface area contributed by atoms with Gasteiger partial charge in [0.2, 0.25) is 11.9 Å². The van der Waals surface area contributed by atoms with Crippen LogP contribution in [0.1, 0.15) is 6.92 Å². The van der Waals surface area contributed by atoms with E-state index in [1.54, 1.807) is 11.8 Å². The fraction of sp³-hybridized carbons (Fsp3) is 0.444. The second-order valence-electron chi connectivity index (χ2n) is 3.77.